The van der Waals surface area contributed by atoms with E-state index in [1.54, 1.807) is 0 Å². The molecule has 0 saturated carbocycles. The first kappa shape index (κ1) is 29.2. The van der Waals surface area contributed by atoms with Crippen LogP contribution in [0.4, 0.5) is 0 Å². The van der Waals surface area contributed by atoms with Gasteiger partial charge in [0.1, 0.15) is 0 Å². The van der Waals surface area contributed by atoms with Gasteiger partial charge < -0.3 is 22.9 Å². The summed E-state index contributed by atoms with van der Waals surface area (Å²) in [5.74, 6) is 0. The standard InChI is InChI=1S/C4H10N2.3C2H4.2H3N/c1-2-6-4-3-5-1;3*1-2;;/h5-6H,1-4H2;3*1-2H2;2*1H3. The minimum Gasteiger partial charge on any atom is -0.344 e. The highest BCUT2D eigenvalue weighted by Crippen LogP contribution is 1.65. The van der Waals surface area contributed by atoms with Crippen molar-refractivity contribution < 1.29 is 0 Å². The maximum atomic E-state index is 3.22. The van der Waals surface area contributed by atoms with Gasteiger partial charge in [0.15, 0.2) is 0 Å². The van der Waals surface area contributed by atoms with Crippen LogP contribution in [-0.2, 0) is 0 Å². The van der Waals surface area contributed by atoms with Gasteiger partial charge in [-0.2, -0.15) is 0 Å². The second-order valence-corrected chi connectivity index (χ2v) is 1.50. The van der Waals surface area contributed by atoms with Crippen LogP contribution in [0.15, 0.2) is 39.5 Å². The van der Waals surface area contributed by atoms with E-state index < -0.39 is 0 Å². The van der Waals surface area contributed by atoms with Crippen LogP contribution in [0.3, 0.4) is 0 Å². The molecule has 4 heteroatoms. The molecule has 4 nitrogen and oxygen atoms in total. The Bertz CT molecular complexity index is 48.9. The van der Waals surface area contributed by atoms with Crippen LogP contribution in [0.25, 0.3) is 0 Å². The Balaban J connectivity index is -0.0000000300. The van der Waals surface area contributed by atoms with E-state index in [-0.39, 0.29) is 12.3 Å². The van der Waals surface area contributed by atoms with Crippen molar-refractivity contribution in [3.8, 4) is 0 Å². The Labute approximate surface area is 89.3 Å². The fourth-order valence-corrected chi connectivity index (χ4v) is 0.604. The summed E-state index contributed by atoms with van der Waals surface area (Å²) in [6.45, 7) is 22.6. The van der Waals surface area contributed by atoms with Crippen molar-refractivity contribution >= 4 is 0 Å². The molecule has 14 heavy (non-hydrogen) atoms. The number of hydrogen-bond acceptors (Lipinski definition) is 4. The van der Waals surface area contributed by atoms with Gasteiger partial charge in [-0.1, -0.05) is 0 Å². The molecule has 0 spiro atoms. The van der Waals surface area contributed by atoms with Gasteiger partial charge in [-0.25, -0.2) is 0 Å². The van der Waals surface area contributed by atoms with Gasteiger partial charge in [0.25, 0.3) is 0 Å². The molecule has 0 unspecified atom stereocenters. The van der Waals surface area contributed by atoms with Crippen molar-refractivity contribution in [3.05, 3.63) is 39.5 Å². The van der Waals surface area contributed by atoms with Crippen molar-refractivity contribution in [2.75, 3.05) is 26.2 Å². The molecule has 1 rings (SSSR count). The fourth-order valence-electron chi connectivity index (χ4n) is 0.604. The average Bonchev–Trinajstić information content (AvgIpc) is 2.29. The van der Waals surface area contributed by atoms with Crippen molar-refractivity contribution in [1.29, 1.82) is 0 Å². The van der Waals surface area contributed by atoms with Crippen molar-refractivity contribution in [1.82, 2.24) is 22.9 Å². The lowest BCUT2D eigenvalue weighted by molar-refractivity contribution is 0.534. The molecule has 1 aliphatic heterocycles. The maximum absolute atomic E-state index is 3.22. The Kier molecular flexibility index (Phi) is 120. The highest BCUT2D eigenvalue weighted by atomic mass is 15.0. The van der Waals surface area contributed by atoms with Crippen molar-refractivity contribution in [2.24, 2.45) is 0 Å². The summed E-state index contributed by atoms with van der Waals surface area (Å²) in [5.41, 5.74) is 0. The van der Waals surface area contributed by atoms with Gasteiger partial charge in [-0.05, 0) is 0 Å². The molecule has 0 bridgehead atoms. The van der Waals surface area contributed by atoms with E-state index in [9.17, 15) is 0 Å². The molecule has 0 atom stereocenters. The minimum atomic E-state index is 0. The Hall–Kier alpha value is -0.940. The molecule has 1 heterocycles. The summed E-state index contributed by atoms with van der Waals surface area (Å²) in [7, 11) is 0. The van der Waals surface area contributed by atoms with Gasteiger partial charge in [-0.15, -0.1) is 39.5 Å². The van der Waals surface area contributed by atoms with E-state index in [4.69, 9.17) is 0 Å². The SMILES string of the molecule is C1CNCCN1.C=C.C=C.C=C.N.N. The molecule has 8 N–H and O–H groups in total. The van der Waals surface area contributed by atoms with Crippen LogP contribution in [-0.4, -0.2) is 26.2 Å². The van der Waals surface area contributed by atoms with Gasteiger partial charge in [0, 0.05) is 26.2 Å². The van der Waals surface area contributed by atoms with Crippen LogP contribution in [0, 0.1) is 0 Å². The maximum Gasteiger partial charge on any atom is 0.00772 e. The number of hydrogen-bond donors (Lipinski definition) is 4. The second kappa shape index (κ2) is 57.6. The van der Waals surface area contributed by atoms with Crippen molar-refractivity contribution in [3.63, 3.8) is 0 Å². The van der Waals surface area contributed by atoms with E-state index in [2.05, 4.69) is 50.1 Å². The summed E-state index contributed by atoms with van der Waals surface area (Å²) >= 11 is 0. The Morgan fingerprint density at radius 1 is 0.500 bits per heavy atom. The van der Waals surface area contributed by atoms with Crippen LogP contribution in [0.2, 0.25) is 0 Å². The van der Waals surface area contributed by atoms with Crippen LogP contribution < -0.4 is 22.9 Å². The first-order valence-corrected chi connectivity index (χ1v) is 3.91. The lowest BCUT2D eigenvalue weighted by atomic mass is 10.4. The Morgan fingerprint density at radius 3 is 0.714 bits per heavy atom. The largest absolute Gasteiger partial charge is 0.344 e. The lowest BCUT2D eigenvalue weighted by Gasteiger charge is -2.11. The molecule has 1 fully saturated rings. The molecule has 1 aliphatic rings. The molecule has 0 aromatic heterocycles. The molecule has 88 valence electrons. The third kappa shape index (κ3) is 43.7. The molecule has 0 aliphatic carbocycles. The van der Waals surface area contributed by atoms with E-state index in [1.807, 2.05) is 0 Å². The van der Waals surface area contributed by atoms with Crippen LogP contribution in [0.1, 0.15) is 0 Å². The molecular weight excluding hydrogens is 176 g/mol. The van der Waals surface area contributed by atoms with Crippen molar-refractivity contribution in [2.45, 2.75) is 0 Å². The zero-order chi connectivity index (χ0) is 10.2. The molecule has 0 aromatic carbocycles. The quantitative estimate of drug-likeness (QED) is 0.453. The fraction of sp³-hybridized carbons (Fsp3) is 0.400. The predicted molar refractivity (Wildman–Crippen MR) is 69.5 cm³/mol. The van der Waals surface area contributed by atoms with E-state index in [1.165, 1.54) is 0 Å². The average molecular weight is 204 g/mol. The molecule has 0 radical (unpaired) electrons. The van der Waals surface area contributed by atoms with E-state index >= 15 is 0 Å². The number of piperazine rings is 1. The summed E-state index contributed by atoms with van der Waals surface area (Å²) in [5, 5.41) is 6.44. The van der Waals surface area contributed by atoms with Crippen LogP contribution in [0.5, 0.6) is 0 Å². The summed E-state index contributed by atoms with van der Waals surface area (Å²) < 4.78 is 0. The zero-order valence-electron chi connectivity index (χ0n) is 9.49. The second-order valence-electron chi connectivity index (χ2n) is 1.50. The molecular formula is C10H28N4. The zero-order valence-corrected chi connectivity index (χ0v) is 9.49. The highest BCUT2D eigenvalue weighted by molar-refractivity contribution is 4.59. The number of rotatable bonds is 0. The first-order chi connectivity index (χ1) is 6.00. The summed E-state index contributed by atoms with van der Waals surface area (Å²) in [4.78, 5) is 0. The first-order valence-electron chi connectivity index (χ1n) is 3.91. The van der Waals surface area contributed by atoms with E-state index in [0.717, 1.165) is 26.2 Å². The lowest BCUT2D eigenvalue weighted by Crippen LogP contribution is -2.39. The topological polar surface area (TPSA) is 94.1 Å². The highest BCUT2D eigenvalue weighted by Gasteiger charge is 1.91. The van der Waals surface area contributed by atoms with Gasteiger partial charge in [-0.3, -0.25) is 0 Å². The summed E-state index contributed by atoms with van der Waals surface area (Å²) in [6, 6.07) is 0. The van der Waals surface area contributed by atoms with Gasteiger partial charge in [0.05, 0.1) is 0 Å². The predicted octanol–water partition coefficient (Wildman–Crippen LogP) is 1.91. The van der Waals surface area contributed by atoms with Gasteiger partial charge >= 0.3 is 0 Å². The summed E-state index contributed by atoms with van der Waals surface area (Å²) in [6.07, 6.45) is 0. The Morgan fingerprint density at radius 2 is 0.643 bits per heavy atom. The van der Waals surface area contributed by atoms with Gasteiger partial charge in [0.2, 0.25) is 0 Å². The monoisotopic (exact) mass is 204 g/mol. The van der Waals surface area contributed by atoms with E-state index in [0.29, 0.717) is 0 Å². The molecule has 0 aromatic rings. The number of nitrogens with one attached hydrogen (secondary N) is 2. The smallest absolute Gasteiger partial charge is 0.00772 e. The normalized spacial score (nSPS) is 11.1. The third-order valence-electron chi connectivity index (χ3n) is 0.957. The van der Waals surface area contributed by atoms with Crippen LogP contribution >= 0.6 is 0 Å². The third-order valence-corrected chi connectivity index (χ3v) is 0.957. The minimum absolute atomic E-state index is 0. The molecule has 0 amide bonds. The molecule has 1 saturated heterocycles.